The Morgan fingerprint density at radius 2 is 2.27 bits per heavy atom. The van der Waals surface area contributed by atoms with Crippen LogP contribution in [0.5, 0.6) is 0 Å². The van der Waals surface area contributed by atoms with Crippen LogP contribution >= 0.6 is 0 Å². The number of hydrogen-bond acceptors (Lipinski definition) is 2. The van der Waals surface area contributed by atoms with Crippen LogP contribution in [0.3, 0.4) is 0 Å². The van der Waals surface area contributed by atoms with Crippen LogP contribution < -0.4 is 0 Å². The lowest BCUT2D eigenvalue weighted by atomic mass is 9.88. The molecule has 1 amide bonds. The smallest absolute Gasteiger partial charge is 0.228 e. The molecule has 0 N–H and O–H groups in total. The molecule has 2 rings (SSSR count). The minimum Gasteiger partial charge on any atom is -0.338 e. The monoisotopic (exact) mass is 204 g/mol. The molecule has 80 valence electrons. The lowest BCUT2D eigenvalue weighted by Gasteiger charge is -2.19. The Bertz CT molecular complexity index is 372. The van der Waals surface area contributed by atoms with Gasteiger partial charge in [-0.25, -0.2) is 0 Å². The van der Waals surface area contributed by atoms with Crippen LogP contribution in [0.2, 0.25) is 0 Å². The number of carbonyl (C=O) groups is 1. The fourth-order valence-electron chi connectivity index (χ4n) is 2.24. The zero-order valence-corrected chi connectivity index (χ0v) is 9.40. The molecule has 1 fully saturated rings. The lowest BCUT2D eigenvalue weighted by molar-refractivity contribution is -0.134. The Labute approximate surface area is 90.1 Å². The fourth-order valence-corrected chi connectivity index (χ4v) is 2.24. The third-order valence-electron chi connectivity index (χ3n) is 3.14. The van der Waals surface area contributed by atoms with Crippen LogP contribution in [-0.2, 0) is 4.79 Å². The number of hydrogen-bond donors (Lipinski definition) is 0. The summed E-state index contributed by atoms with van der Waals surface area (Å²) in [5.41, 5.74) is 0.883. The van der Waals surface area contributed by atoms with Gasteiger partial charge in [-0.05, 0) is 18.1 Å². The van der Waals surface area contributed by atoms with E-state index in [1.807, 2.05) is 44.1 Å². The van der Waals surface area contributed by atoms with Crippen LogP contribution in [0.15, 0.2) is 24.5 Å². The van der Waals surface area contributed by atoms with Crippen LogP contribution in [-0.4, -0.2) is 22.8 Å². The van der Waals surface area contributed by atoms with Gasteiger partial charge in [0.1, 0.15) is 0 Å². The van der Waals surface area contributed by atoms with Gasteiger partial charge in [0.25, 0.3) is 0 Å². The molecule has 0 saturated carbocycles. The number of aromatic nitrogens is 1. The van der Waals surface area contributed by atoms with E-state index in [1.54, 1.807) is 6.20 Å². The van der Waals surface area contributed by atoms with E-state index in [-0.39, 0.29) is 17.4 Å². The van der Waals surface area contributed by atoms with Gasteiger partial charge in [0, 0.05) is 24.9 Å². The number of nitrogens with zero attached hydrogens (tertiary/aromatic N) is 2. The van der Waals surface area contributed by atoms with Crippen LogP contribution in [0.1, 0.15) is 31.9 Å². The normalized spacial score (nSPS) is 24.6. The van der Waals surface area contributed by atoms with E-state index < -0.39 is 0 Å². The average Bonchev–Trinajstić information content (AvgIpc) is 2.44. The second-order valence-corrected chi connectivity index (χ2v) is 4.81. The second kappa shape index (κ2) is 3.33. The highest BCUT2D eigenvalue weighted by atomic mass is 16.2. The number of pyridine rings is 1. The Kier molecular flexibility index (Phi) is 2.25. The number of rotatable bonds is 1. The fraction of sp³-hybridized carbons (Fsp3) is 0.500. The minimum atomic E-state index is -0.241. The zero-order chi connectivity index (χ0) is 11.1. The maximum absolute atomic E-state index is 11.9. The van der Waals surface area contributed by atoms with Gasteiger partial charge in [0.2, 0.25) is 5.91 Å². The summed E-state index contributed by atoms with van der Waals surface area (Å²) in [6.07, 6.45) is 4.47. The molecule has 1 saturated heterocycles. The van der Waals surface area contributed by atoms with Crippen molar-refractivity contribution < 1.29 is 4.79 Å². The van der Waals surface area contributed by atoms with E-state index in [2.05, 4.69) is 4.98 Å². The molecule has 0 bridgehead atoms. The van der Waals surface area contributed by atoms with Crippen molar-refractivity contribution in [2.75, 3.05) is 7.05 Å². The molecule has 1 aliphatic rings. The molecule has 2 heterocycles. The highest BCUT2D eigenvalue weighted by Gasteiger charge is 2.43. The van der Waals surface area contributed by atoms with Gasteiger partial charge in [0.05, 0.1) is 6.04 Å². The standard InChI is InChI=1S/C12H16N2O/c1-12(2)7-10(14(3)11(12)15)9-5-4-6-13-8-9/h4-6,8,10H,7H2,1-3H3/t10-/m0/s1. The molecule has 0 unspecified atom stereocenters. The number of amides is 1. The van der Waals surface area contributed by atoms with E-state index in [4.69, 9.17) is 0 Å². The topological polar surface area (TPSA) is 33.2 Å². The summed E-state index contributed by atoms with van der Waals surface area (Å²) in [5, 5.41) is 0. The van der Waals surface area contributed by atoms with E-state index in [1.165, 1.54) is 0 Å². The van der Waals surface area contributed by atoms with Crippen molar-refractivity contribution in [2.24, 2.45) is 5.41 Å². The molecule has 0 aliphatic carbocycles. The maximum Gasteiger partial charge on any atom is 0.228 e. The molecule has 1 aromatic heterocycles. The number of likely N-dealkylation sites (tertiary alicyclic amines) is 1. The third-order valence-corrected chi connectivity index (χ3v) is 3.14. The van der Waals surface area contributed by atoms with Crippen LogP contribution in [0.4, 0.5) is 0 Å². The average molecular weight is 204 g/mol. The number of carbonyl (C=O) groups excluding carboxylic acids is 1. The Morgan fingerprint density at radius 3 is 2.73 bits per heavy atom. The van der Waals surface area contributed by atoms with Crippen molar-refractivity contribution in [3.05, 3.63) is 30.1 Å². The van der Waals surface area contributed by atoms with E-state index in [0.29, 0.717) is 0 Å². The van der Waals surface area contributed by atoms with Gasteiger partial charge >= 0.3 is 0 Å². The van der Waals surface area contributed by atoms with Crippen LogP contribution in [0, 0.1) is 5.41 Å². The third kappa shape index (κ3) is 1.62. The summed E-state index contributed by atoms with van der Waals surface area (Å²) < 4.78 is 0. The molecule has 15 heavy (non-hydrogen) atoms. The Balaban J connectivity index is 2.31. The molecule has 0 radical (unpaired) electrons. The highest BCUT2D eigenvalue weighted by Crippen LogP contribution is 2.42. The largest absolute Gasteiger partial charge is 0.338 e. The van der Waals surface area contributed by atoms with Crippen molar-refractivity contribution in [2.45, 2.75) is 26.3 Å². The highest BCUT2D eigenvalue weighted by molar-refractivity contribution is 5.84. The van der Waals surface area contributed by atoms with Crippen molar-refractivity contribution in [1.29, 1.82) is 0 Å². The summed E-state index contributed by atoms with van der Waals surface area (Å²) in [6.45, 7) is 4.00. The molecule has 0 spiro atoms. The van der Waals surface area contributed by atoms with Gasteiger partial charge in [-0.1, -0.05) is 19.9 Å². The summed E-state index contributed by atoms with van der Waals surface area (Å²) in [6, 6.07) is 4.13. The van der Waals surface area contributed by atoms with E-state index >= 15 is 0 Å². The predicted octanol–water partition coefficient (Wildman–Crippen LogP) is 2.01. The van der Waals surface area contributed by atoms with Gasteiger partial charge in [-0.2, -0.15) is 0 Å². The van der Waals surface area contributed by atoms with Gasteiger partial charge in [-0.15, -0.1) is 0 Å². The summed E-state index contributed by atoms with van der Waals surface area (Å²) in [5.74, 6) is 0.219. The quantitative estimate of drug-likeness (QED) is 0.701. The summed E-state index contributed by atoms with van der Waals surface area (Å²) >= 11 is 0. The summed E-state index contributed by atoms with van der Waals surface area (Å²) in [4.78, 5) is 17.8. The van der Waals surface area contributed by atoms with Crippen molar-refractivity contribution in [3.8, 4) is 0 Å². The molecular formula is C12H16N2O. The molecule has 0 aromatic carbocycles. The van der Waals surface area contributed by atoms with Gasteiger partial charge in [-0.3, -0.25) is 9.78 Å². The maximum atomic E-state index is 11.9. The Hall–Kier alpha value is -1.38. The SMILES string of the molecule is CN1C(=O)C(C)(C)C[C@H]1c1cccnc1. The summed E-state index contributed by atoms with van der Waals surface area (Å²) in [7, 11) is 1.87. The Morgan fingerprint density at radius 1 is 1.53 bits per heavy atom. The van der Waals surface area contributed by atoms with Crippen LogP contribution in [0.25, 0.3) is 0 Å². The first kappa shape index (κ1) is 10.1. The van der Waals surface area contributed by atoms with E-state index in [0.717, 1.165) is 12.0 Å². The first-order chi connectivity index (χ1) is 7.02. The van der Waals surface area contributed by atoms with Crippen molar-refractivity contribution in [1.82, 2.24) is 9.88 Å². The second-order valence-electron chi connectivity index (χ2n) is 4.81. The molecule has 3 heteroatoms. The van der Waals surface area contributed by atoms with Crippen molar-refractivity contribution >= 4 is 5.91 Å². The lowest BCUT2D eigenvalue weighted by Crippen LogP contribution is -2.28. The molecular weight excluding hydrogens is 188 g/mol. The van der Waals surface area contributed by atoms with Gasteiger partial charge in [0.15, 0.2) is 0 Å². The predicted molar refractivity (Wildman–Crippen MR) is 58.1 cm³/mol. The molecule has 3 nitrogen and oxygen atoms in total. The van der Waals surface area contributed by atoms with Gasteiger partial charge < -0.3 is 4.90 Å². The van der Waals surface area contributed by atoms with Crippen molar-refractivity contribution in [3.63, 3.8) is 0 Å². The first-order valence-corrected chi connectivity index (χ1v) is 5.19. The molecule has 1 aliphatic heterocycles. The molecule has 1 atom stereocenters. The molecule has 1 aromatic rings. The zero-order valence-electron chi connectivity index (χ0n) is 9.40. The first-order valence-electron chi connectivity index (χ1n) is 5.19. The van der Waals surface area contributed by atoms with E-state index in [9.17, 15) is 4.79 Å². The minimum absolute atomic E-state index is 0.182.